The van der Waals surface area contributed by atoms with Gasteiger partial charge in [-0.3, -0.25) is 4.57 Å². The fourth-order valence-electron chi connectivity index (χ4n) is 1.92. The van der Waals surface area contributed by atoms with E-state index in [0.717, 1.165) is 30.0 Å². The topological polar surface area (TPSA) is 42.6 Å². The monoisotopic (exact) mass is 286 g/mol. The summed E-state index contributed by atoms with van der Waals surface area (Å²) >= 11 is 0. The van der Waals surface area contributed by atoms with E-state index >= 15 is 0 Å². The molecule has 21 heavy (non-hydrogen) atoms. The quantitative estimate of drug-likeness (QED) is 0.355. The molecule has 1 aromatic carbocycles. The van der Waals surface area contributed by atoms with Gasteiger partial charge in [0.05, 0.1) is 12.2 Å². The molecule has 0 spiro atoms. The van der Waals surface area contributed by atoms with Crippen LogP contribution in [0.3, 0.4) is 0 Å². The van der Waals surface area contributed by atoms with Crippen LogP contribution < -0.4 is 4.74 Å². The number of para-hydroxylation sites is 1. The number of benzene rings is 1. The SMILES string of the molecule is CCCCOc1ccccc1/C(=N\N(C)C)n1ccnc1. The zero-order chi connectivity index (χ0) is 15.1. The third kappa shape index (κ3) is 4.08. The lowest BCUT2D eigenvalue weighted by atomic mass is 10.2. The highest BCUT2D eigenvalue weighted by molar-refractivity contribution is 6.02. The Kier molecular flexibility index (Phi) is 5.37. The molecule has 0 saturated heterocycles. The molecule has 0 fully saturated rings. The molecule has 0 unspecified atom stereocenters. The van der Waals surface area contributed by atoms with Crippen molar-refractivity contribution in [3.05, 3.63) is 48.5 Å². The van der Waals surface area contributed by atoms with Crippen LogP contribution >= 0.6 is 0 Å². The molecule has 0 atom stereocenters. The van der Waals surface area contributed by atoms with Crippen molar-refractivity contribution in [1.82, 2.24) is 14.6 Å². The zero-order valence-electron chi connectivity index (χ0n) is 12.9. The van der Waals surface area contributed by atoms with Gasteiger partial charge in [0.1, 0.15) is 12.1 Å². The molecule has 112 valence electrons. The zero-order valence-corrected chi connectivity index (χ0v) is 12.9. The van der Waals surface area contributed by atoms with Crippen molar-refractivity contribution in [2.24, 2.45) is 5.10 Å². The highest BCUT2D eigenvalue weighted by Crippen LogP contribution is 2.20. The summed E-state index contributed by atoms with van der Waals surface area (Å²) in [5, 5.41) is 6.35. The predicted molar refractivity (Wildman–Crippen MR) is 84.7 cm³/mol. The first kappa shape index (κ1) is 15.1. The van der Waals surface area contributed by atoms with Crippen LogP contribution in [0.1, 0.15) is 25.3 Å². The molecule has 1 heterocycles. The van der Waals surface area contributed by atoms with E-state index in [0.29, 0.717) is 6.61 Å². The maximum Gasteiger partial charge on any atom is 0.168 e. The Morgan fingerprint density at radius 2 is 2.14 bits per heavy atom. The molecular formula is C16H22N4O. The first-order valence-corrected chi connectivity index (χ1v) is 7.19. The molecule has 0 saturated carbocycles. The van der Waals surface area contributed by atoms with Gasteiger partial charge in [-0.05, 0) is 18.6 Å². The maximum atomic E-state index is 5.91. The van der Waals surface area contributed by atoms with Crippen molar-refractivity contribution in [1.29, 1.82) is 0 Å². The van der Waals surface area contributed by atoms with E-state index in [2.05, 4.69) is 17.0 Å². The van der Waals surface area contributed by atoms with Crippen LogP contribution in [0.25, 0.3) is 0 Å². The lowest BCUT2D eigenvalue weighted by molar-refractivity contribution is 0.308. The Morgan fingerprint density at radius 1 is 1.33 bits per heavy atom. The molecular weight excluding hydrogens is 264 g/mol. The summed E-state index contributed by atoms with van der Waals surface area (Å²) in [7, 11) is 3.80. The van der Waals surface area contributed by atoms with Gasteiger partial charge < -0.3 is 9.75 Å². The molecule has 5 heteroatoms. The van der Waals surface area contributed by atoms with Gasteiger partial charge in [0.15, 0.2) is 5.84 Å². The van der Waals surface area contributed by atoms with Crippen LogP contribution in [0.4, 0.5) is 0 Å². The summed E-state index contributed by atoms with van der Waals surface area (Å²) in [6.07, 6.45) is 7.52. The van der Waals surface area contributed by atoms with Gasteiger partial charge in [0, 0.05) is 26.5 Å². The van der Waals surface area contributed by atoms with Gasteiger partial charge in [-0.1, -0.05) is 25.5 Å². The van der Waals surface area contributed by atoms with Gasteiger partial charge in [-0.2, -0.15) is 5.10 Å². The Hall–Kier alpha value is -2.30. The van der Waals surface area contributed by atoms with Crippen LogP contribution in [0, 0.1) is 0 Å². The largest absolute Gasteiger partial charge is 0.493 e. The fourth-order valence-corrected chi connectivity index (χ4v) is 1.92. The minimum absolute atomic E-state index is 0.715. The molecule has 0 aliphatic heterocycles. The summed E-state index contributed by atoms with van der Waals surface area (Å²) in [4.78, 5) is 4.10. The Morgan fingerprint density at radius 3 is 2.81 bits per heavy atom. The minimum Gasteiger partial charge on any atom is -0.493 e. The molecule has 0 aliphatic rings. The van der Waals surface area contributed by atoms with Crippen molar-refractivity contribution < 1.29 is 4.74 Å². The predicted octanol–water partition coefficient (Wildman–Crippen LogP) is 2.83. The van der Waals surface area contributed by atoms with Crippen LogP contribution in [0.5, 0.6) is 5.75 Å². The molecule has 0 N–H and O–H groups in total. The second-order valence-corrected chi connectivity index (χ2v) is 4.94. The van der Waals surface area contributed by atoms with Crippen LogP contribution in [-0.2, 0) is 0 Å². The summed E-state index contributed by atoms with van der Waals surface area (Å²) < 4.78 is 7.80. The number of rotatable bonds is 6. The van der Waals surface area contributed by atoms with Gasteiger partial charge in [-0.15, -0.1) is 0 Å². The Balaban J connectivity index is 2.36. The van der Waals surface area contributed by atoms with Gasteiger partial charge >= 0.3 is 0 Å². The molecule has 2 aromatic rings. The van der Waals surface area contributed by atoms with Crippen molar-refractivity contribution >= 4 is 5.84 Å². The lowest BCUT2D eigenvalue weighted by Crippen LogP contribution is -2.18. The third-order valence-corrected chi connectivity index (χ3v) is 2.93. The number of hydrogen-bond acceptors (Lipinski definition) is 4. The van der Waals surface area contributed by atoms with Crippen molar-refractivity contribution in [2.75, 3.05) is 20.7 Å². The molecule has 0 bridgehead atoms. The van der Waals surface area contributed by atoms with E-state index in [9.17, 15) is 0 Å². The molecule has 2 rings (SSSR count). The highest BCUT2D eigenvalue weighted by Gasteiger charge is 2.12. The summed E-state index contributed by atoms with van der Waals surface area (Å²) in [6, 6.07) is 7.97. The van der Waals surface area contributed by atoms with E-state index in [-0.39, 0.29) is 0 Å². The van der Waals surface area contributed by atoms with Crippen LogP contribution in [0.2, 0.25) is 0 Å². The second kappa shape index (κ2) is 7.47. The number of imidazole rings is 1. The lowest BCUT2D eigenvalue weighted by Gasteiger charge is -2.15. The van der Waals surface area contributed by atoms with E-state index in [1.54, 1.807) is 17.5 Å². The normalized spacial score (nSPS) is 11.5. The number of hydrazone groups is 1. The number of nitrogens with zero attached hydrogens (tertiary/aromatic N) is 4. The van der Waals surface area contributed by atoms with Gasteiger partial charge in [-0.25, -0.2) is 4.98 Å². The van der Waals surface area contributed by atoms with Crippen LogP contribution in [-0.4, -0.2) is 41.1 Å². The van der Waals surface area contributed by atoms with Gasteiger partial charge in [0.25, 0.3) is 0 Å². The summed E-state index contributed by atoms with van der Waals surface area (Å²) in [5.74, 6) is 1.64. The van der Waals surface area contributed by atoms with Crippen LogP contribution in [0.15, 0.2) is 48.1 Å². The fraction of sp³-hybridized carbons (Fsp3) is 0.375. The molecule has 5 nitrogen and oxygen atoms in total. The van der Waals surface area contributed by atoms with E-state index < -0.39 is 0 Å². The molecule has 1 aromatic heterocycles. The third-order valence-electron chi connectivity index (χ3n) is 2.93. The summed E-state index contributed by atoms with van der Waals surface area (Å²) in [6.45, 7) is 2.87. The molecule has 0 amide bonds. The number of unbranched alkanes of at least 4 members (excludes halogenated alkanes) is 1. The van der Waals surface area contributed by atoms with Crippen molar-refractivity contribution in [3.63, 3.8) is 0 Å². The number of ether oxygens (including phenoxy) is 1. The average Bonchev–Trinajstić information content (AvgIpc) is 2.99. The first-order valence-electron chi connectivity index (χ1n) is 7.19. The van der Waals surface area contributed by atoms with Gasteiger partial charge in [0.2, 0.25) is 0 Å². The summed E-state index contributed by atoms with van der Waals surface area (Å²) in [5.41, 5.74) is 0.959. The first-order chi connectivity index (χ1) is 10.2. The molecule has 0 radical (unpaired) electrons. The van der Waals surface area contributed by atoms with E-state index in [4.69, 9.17) is 4.74 Å². The van der Waals surface area contributed by atoms with E-state index in [1.807, 2.05) is 49.1 Å². The molecule has 0 aliphatic carbocycles. The Bertz CT molecular complexity index is 576. The van der Waals surface area contributed by atoms with Crippen molar-refractivity contribution in [2.45, 2.75) is 19.8 Å². The standard InChI is InChI=1S/C16H22N4O/c1-4-5-12-21-15-9-7-6-8-14(15)16(18-19(2)3)20-11-10-17-13-20/h6-11,13H,4-5,12H2,1-3H3/b18-16+. The minimum atomic E-state index is 0.715. The average molecular weight is 286 g/mol. The van der Waals surface area contributed by atoms with E-state index in [1.165, 1.54) is 0 Å². The van der Waals surface area contributed by atoms with Crippen molar-refractivity contribution in [3.8, 4) is 5.75 Å². The maximum absolute atomic E-state index is 5.91. The number of hydrogen-bond donors (Lipinski definition) is 0. The highest BCUT2D eigenvalue weighted by atomic mass is 16.5. The Labute approximate surface area is 125 Å². The number of aromatic nitrogens is 2. The second-order valence-electron chi connectivity index (χ2n) is 4.94. The smallest absolute Gasteiger partial charge is 0.168 e.